The van der Waals surface area contributed by atoms with Gasteiger partial charge in [0.15, 0.2) is 0 Å². The van der Waals surface area contributed by atoms with Gasteiger partial charge in [0, 0.05) is 10.7 Å². The Morgan fingerprint density at radius 2 is 1.87 bits per heavy atom. The van der Waals surface area contributed by atoms with Crippen molar-refractivity contribution in [3.8, 4) is 0 Å². The third-order valence-electron chi connectivity index (χ3n) is 1.81. The van der Waals surface area contributed by atoms with E-state index in [0.29, 0.717) is 0 Å². The summed E-state index contributed by atoms with van der Waals surface area (Å²) in [5, 5.41) is 0.765. The van der Waals surface area contributed by atoms with E-state index in [1.165, 1.54) is 5.57 Å². The Hall–Kier alpha value is -1.21. The number of hydrogen-bond donors (Lipinski definition) is 1. The molecule has 0 aliphatic rings. The minimum atomic E-state index is 0.765. The summed E-state index contributed by atoms with van der Waals surface area (Å²) >= 11 is 5.98. The van der Waals surface area contributed by atoms with Crippen molar-refractivity contribution in [2.75, 3.05) is 5.73 Å². The van der Waals surface area contributed by atoms with Gasteiger partial charge in [-0.05, 0) is 44.0 Å². The number of anilines is 1. The molecule has 0 aliphatic carbocycles. The van der Waals surface area contributed by atoms with Crippen molar-refractivity contribution in [1.29, 1.82) is 0 Å². The second-order valence-electron chi connectivity index (χ2n) is 3.45. The summed E-state index contributed by atoms with van der Waals surface area (Å²) in [6.45, 7) is 12.0. The summed E-state index contributed by atoms with van der Waals surface area (Å²) in [4.78, 5) is 0. The third kappa shape index (κ3) is 4.22. The zero-order valence-electron chi connectivity index (χ0n) is 9.60. The molecular formula is C13H18ClN. The van der Waals surface area contributed by atoms with Gasteiger partial charge in [-0.1, -0.05) is 23.3 Å². The first-order valence-electron chi connectivity index (χ1n) is 4.71. The average molecular weight is 224 g/mol. The minimum Gasteiger partial charge on any atom is -0.398 e. The van der Waals surface area contributed by atoms with Crippen LogP contribution in [0.3, 0.4) is 0 Å². The number of rotatable bonds is 1. The van der Waals surface area contributed by atoms with E-state index < -0.39 is 0 Å². The fourth-order valence-electron chi connectivity index (χ4n) is 1.16. The van der Waals surface area contributed by atoms with E-state index >= 15 is 0 Å². The summed E-state index contributed by atoms with van der Waals surface area (Å²) in [6, 6.07) is 3.80. The molecule has 0 aliphatic heterocycles. The maximum Gasteiger partial charge on any atom is 0.0442 e. The fraction of sp³-hybridized carbons (Fsp3) is 0.231. The van der Waals surface area contributed by atoms with Crippen LogP contribution in [-0.4, -0.2) is 0 Å². The van der Waals surface area contributed by atoms with Crippen LogP contribution < -0.4 is 5.73 Å². The summed E-state index contributed by atoms with van der Waals surface area (Å²) < 4.78 is 0. The van der Waals surface area contributed by atoms with E-state index in [2.05, 4.69) is 13.2 Å². The predicted octanol–water partition coefficient (Wildman–Crippen LogP) is 4.46. The second kappa shape index (κ2) is 6.31. The van der Waals surface area contributed by atoms with Crippen molar-refractivity contribution in [2.45, 2.75) is 20.8 Å². The Morgan fingerprint density at radius 1 is 1.33 bits per heavy atom. The average Bonchev–Trinajstić information content (AvgIpc) is 2.17. The summed E-state index contributed by atoms with van der Waals surface area (Å²) in [5.74, 6) is 0. The molecule has 0 unspecified atom stereocenters. The lowest BCUT2D eigenvalue weighted by atomic mass is 10.1. The van der Waals surface area contributed by atoms with Gasteiger partial charge in [0.05, 0.1) is 0 Å². The van der Waals surface area contributed by atoms with Crippen LogP contribution in [0.4, 0.5) is 5.69 Å². The SMILES string of the molecule is C=C.CC(C)=Cc1cc(Cl)c(C)cc1N. The first kappa shape index (κ1) is 13.8. The van der Waals surface area contributed by atoms with Gasteiger partial charge in [0.1, 0.15) is 0 Å². The maximum absolute atomic E-state index is 5.98. The van der Waals surface area contributed by atoms with Gasteiger partial charge < -0.3 is 5.73 Å². The zero-order chi connectivity index (χ0) is 12.0. The minimum absolute atomic E-state index is 0.765. The number of allylic oxidation sites excluding steroid dienone is 1. The number of hydrogen-bond acceptors (Lipinski definition) is 1. The molecule has 0 aromatic heterocycles. The van der Waals surface area contributed by atoms with Crippen molar-refractivity contribution in [1.82, 2.24) is 0 Å². The molecule has 82 valence electrons. The van der Waals surface area contributed by atoms with Crippen LogP contribution in [0.2, 0.25) is 5.02 Å². The third-order valence-corrected chi connectivity index (χ3v) is 2.22. The molecule has 15 heavy (non-hydrogen) atoms. The lowest BCUT2D eigenvalue weighted by Gasteiger charge is -2.04. The molecule has 0 saturated carbocycles. The van der Waals surface area contributed by atoms with E-state index in [1.807, 2.05) is 39.0 Å². The van der Waals surface area contributed by atoms with Gasteiger partial charge in [-0.3, -0.25) is 0 Å². The number of halogens is 1. The highest BCUT2D eigenvalue weighted by Crippen LogP contribution is 2.24. The zero-order valence-corrected chi connectivity index (χ0v) is 10.4. The molecule has 2 N–H and O–H groups in total. The van der Waals surface area contributed by atoms with Crippen LogP contribution in [0.1, 0.15) is 25.0 Å². The predicted molar refractivity (Wildman–Crippen MR) is 71.2 cm³/mol. The normalized spacial score (nSPS) is 8.80. The second-order valence-corrected chi connectivity index (χ2v) is 3.86. The van der Waals surface area contributed by atoms with E-state index in [1.54, 1.807) is 0 Å². The molecule has 1 aromatic rings. The standard InChI is InChI=1S/C11H14ClN.C2H4/c1-7(2)4-9-6-10(12)8(3)5-11(9)13;1-2/h4-6H,13H2,1-3H3;1-2H2. The van der Waals surface area contributed by atoms with Gasteiger partial charge in [-0.2, -0.15) is 0 Å². The molecule has 0 spiro atoms. The highest BCUT2D eigenvalue weighted by Gasteiger charge is 2.00. The Bertz CT molecular complexity index is 363. The Kier molecular flexibility index (Phi) is 5.80. The molecule has 1 aromatic carbocycles. The Balaban J connectivity index is 0.000000921. The fourth-order valence-corrected chi connectivity index (χ4v) is 1.33. The summed E-state index contributed by atoms with van der Waals surface area (Å²) in [6.07, 6.45) is 2.03. The van der Waals surface area contributed by atoms with E-state index in [4.69, 9.17) is 17.3 Å². The van der Waals surface area contributed by atoms with Crippen LogP contribution in [-0.2, 0) is 0 Å². The topological polar surface area (TPSA) is 26.0 Å². The van der Waals surface area contributed by atoms with Crippen LogP contribution in [0.25, 0.3) is 6.08 Å². The maximum atomic E-state index is 5.98. The van der Waals surface area contributed by atoms with Crippen molar-refractivity contribution in [3.63, 3.8) is 0 Å². The van der Waals surface area contributed by atoms with Crippen LogP contribution in [0, 0.1) is 6.92 Å². The number of nitrogens with two attached hydrogens (primary N) is 1. The largest absolute Gasteiger partial charge is 0.398 e. The number of nitrogen functional groups attached to an aromatic ring is 1. The van der Waals surface area contributed by atoms with Crippen LogP contribution in [0.15, 0.2) is 30.9 Å². The molecule has 0 saturated heterocycles. The van der Waals surface area contributed by atoms with E-state index in [0.717, 1.165) is 21.8 Å². The highest BCUT2D eigenvalue weighted by atomic mass is 35.5. The molecule has 0 heterocycles. The molecular weight excluding hydrogens is 206 g/mol. The lowest BCUT2D eigenvalue weighted by molar-refractivity contribution is 1.41. The summed E-state index contributed by atoms with van der Waals surface area (Å²) in [7, 11) is 0. The van der Waals surface area contributed by atoms with Crippen molar-refractivity contribution >= 4 is 23.4 Å². The first-order chi connectivity index (χ1) is 7.00. The molecule has 1 rings (SSSR count). The highest BCUT2D eigenvalue weighted by molar-refractivity contribution is 6.31. The van der Waals surface area contributed by atoms with Crippen LogP contribution in [0.5, 0.6) is 0 Å². The molecule has 0 radical (unpaired) electrons. The van der Waals surface area contributed by atoms with Crippen molar-refractivity contribution < 1.29 is 0 Å². The van der Waals surface area contributed by atoms with Gasteiger partial charge in [-0.25, -0.2) is 0 Å². The van der Waals surface area contributed by atoms with Crippen molar-refractivity contribution in [2.24, 2.45) is 0 Å². The van der Waals surface area contributed by atoms with E-state index in [-0.39, 0.29) is 0 Å². The van der Waals surface area contributed by atoms with Crippen molar-refractivity contribution in [3.05, 3.63) is 47.0 Å². The van der Waals surface area contributed by atoms with Gasteiger partial charge in [0.25, 0.3) is 0 Å². The summed E-state index contributed by atoms with van der Waals surface area (Å²) in [5.41, 5.74) is 9.84. The number of aryl methyl sites for hydroxylation is 1. The quantitative estimate of drug-likeness (QED) is 0.552. The molecule has 0 amide bonds. The monoisotopic (exact) mass is 223 g/mol. The number of benzene rings is 1. The van der Waals surface area contributed by atoms with E-state index in [9.17, 15) is 0 Å². The smallest absolute Gasteiger partial charge is 0.0442 e. The molecule has 0 fully saturated rings. The van der Waals surface area contributed by atoms with Gasteiger partial charge >= 0.3 is 0 Å². The molecule has 0 bridgehead atoms. The first-order valence-corrected chi connectivity index (χ1v) is 5.09. The van der Waals surface area contributed by atoms with Gasteiger partial charge in [-0.15, -0.1) is 13.2 Å². The van der Waals surface area contributed by atoms with Crippen LogP contribution >= 0.6 is 11.6 Å². The Morgan fingerprint density at radius 3 is 2.33 bits per heavy atom. The Labute approximate surface area is 97.3 Å². The van der Waals surface area contributed by atoms with Gasteiger partial charge in [0.2, 0.25) is 0 Å². The molecule has 2 heteroatoms. The molecule has 0 atom stereocenters. The lowest BCUT2D eigenvalue weighted by Crippen LogP contribution is -1.91. The molecule has 1 nitrogen and oxygen atoms in total.